The van der Waals surface area contributed by atoms with Crippen molar-refractivity contribution in [3.8, 4) is 0 Å². The highest BCUT2D eigenvalue weighted by Gasteiger charge is 2.06. The first-order valence-corrected chi connectivity index (χ1v) is 6.82. The van der Waals surface area contributed by atoms with Crippen LogP contribution < -0.4 is 10.6 Å². The van der Waals surface area contributed by atoms with E-state index in [9.17, 15) is 14.4 Å². The lowest BCUT2D eigenvalue weighted by Gasteiger charge is -2.05. The molecule has 0 bridgehead atoms. The number of anilines is 1. The van der Waals surface area contributed by atoms with Crippen molar-refractivity contribution in [3.05, 3.63) is 41.5 Å². The van der Waals surface area contributed by atoms with Gasteiger partial charge in [-0.3, -0.25) is 14.4 Å². The highest BCUT2D eigenvalue weighted by molar-refractivity contribution is 6.06. The highest BCUT2D eigenvalue weighted by Crippen LogP contribution is 2.10. The zero-order valence-electron chi connectivity index (χ0n) is 12.5. The maximum Gasteiger partial charge on any atom is 0.248 e. The van der Waals surface area contributed by atoms with Gasteiger partial charge < -0.3 is 10.6 Å². The molecule has 0 saturated carbocycles. The van der Waals surface area contributed by atoms with Gasteiger partial charge in [0.15, 0.2) is 5.78 Å². The quantitative estimate of drug-likeness (QED) is 0.623. The van der Waals surface area contributed by atoms with Crippen molar-refractivity contribution in [2.24, 2.45) is 0 Å². The van der Waals surface area contributed by atoms with E-state index in [1.807, 2.05) is 6.92 Å². The molecule has 0 heterocycles. The Balaban J connectivity index is 2.64. The smallest absolute Gasteiger partial charge is 0.248 e. The summed E-state index contributed by atoms with van der Waals surface area (Å²) in [5, 5.41) is 5.34. The van der Waals surface area contributed by atoms with Gasteiger partial charge in [0.25, 0.3) is 0 Å². The summed E-state index contributed by atoms with van der Waals surface area (Å²) in [7, 11) is 0. The summed E-state index contributed by atoms with van der Waals surface area (Å²) in [6.45, 7) is 5.60. The monoisotopic (exact) mass is 288 g/mol. The van der Waals surface area contributed by atoms with Gasteiger partial charge in [-0.1, -0.05) is 6.92 Å². The van der Waals surface area contributed by atoms with Gasteiger partial charge in [0, 0.05) is 29.4 Å². The Labute approximate surface area is 124 Å². The summed E-state index contributed by atoms with van der Waals surface area (Å²) in [6, 6.07) is 6.58. The largest absolute Gasteiger partial charge is 0.352 e. The molecule has 2 amide bonds. The molecule has 1 rings (SSSR count). The predicted molar refractivity (Wildman–Crippen MR) is 82.1 cm³/mol. The first-order valence-electron chi connectivity index (χ1n) is 6.82. The summed E-state index contributed by atoms with van der Waals surface area (Å²) in [6.07, 6.45) is 2.09. The second-order valence-corrected chi connectivity index (χ2v) is 4.71. The van der Waals surface area contributed by atoms with Gasteiger partial charge in [0.1, 0.15) is 0 Å². The molecule has 5 heteroatoms. The third kappa shape index (κ3) is 5.60. The maximum absolute atomic E-state index is 11.8. The molecular weight excluding hydrogens is 268 g/mol. The van der Waals surface area contributed by atoms with E-state index in [4.69, 9.17) is 0 Å². The first-order chi connectivity index (χ1) is 9.93. The van der Waals surface area contributed by atoms with Gasteiger partial charge in [-0.15, -0.1) is 0 Å². The van der Waals surface area contributed by atoms with Crippen molar-refractivity contribution in [1.82, 2.24) is 5.32 Å². The van der Waals surface area contributed by atoms with Crippen LogP contribution in [0.15, 0.2) is 35.9 Å². The number of carbonyl (C=O) groups is 3. The molecule has 5 nitrogen and oxygen atoms in total. The minimum absolute atomic E-state index is 0.0313. The maximum atomic E-state index is 11.8. The number of hydrogen-bond acceptors (Lipinski definition) is 3. The standard InChI is InChI=1S/C16H20N2O3/c1-4-9-17-16(21)11(2)10-15(20)18-14-7-5-13(6-8-14)12(3)19/h5-8,10H,4,9H2,1-3H3,(H,17,21)(H,18,20)/b11-10-. The van der Waals surface area contributed by atoms with Crippen LogP contribution in [0.4, 0.5) is 5.69 Å². The summed E-state index contributed by atoms with van der Waals surface area (Å²) < 4.78 is 0. The van der Waals surface area contributed by atoms with Crippen molar-refractivity contribution in [3.63, 3.8) is 0 Å². The molecule has 0 saturated heterocycles. The normalized spacial score (nSPS) is 10.9. The molecule has 0 fully saturated rings. The Morgan fingerprint density at radius 3 is 2.24 bits per heavy atom. The average molecular weight is 288 g/mol. The lowest BCUT2D eigenvalue weighted by atomic mass is 10.1. The van der Waals surface area contributed by atoms with Crippen molar-refractivity contribution in [1.29, 1.82) is 0 Å². The molecule has 0 radical (unpaired) electrons. The van der Waals surface area contributed by atoms with Gasteiger partial charge in [-0.05, 0) is 44.5 Å². The molecule has 21 heavy (non-hydrogen) atoms. The fraction of sp³-hybridized carbons (Fsp3) is 0.312. The summed E-state index contributed by atoms with van der Waals surface area (Å²) in [4.78, 5) is 34.5. The van der Waals surface area contributed by atoms with E-state index in [1.165, 1.54) is 13.0 Å². The zero-order valence-corrected chi connectivity index (χ0v) is 12.5. The Morgan fingerprint density at radius 2 is 1.71 bits per heavy atom. The summed E-state index contributed by atoms with van der Waals surface area (Å²) >= 11 is 0. The Hall–Kier alpha value is -2.43. The van der Waals surface area contributed by atoms with Crippen LogP contribution in [0.25, 0.3) is 0 Å². The topological polar surface area (TPSA) is 75.3 Å². The SMILES string of the molecule is CCCNC(=O)/C(C)=C\C(=O)Nc1ccc(C(C)=O)cc1. The predicted octanol–water partition coefficient (Wildman–Crippen LogP) is 2.30. The van der Waals surface area contributed by atoms with Gasteiger partial charge in [0.05, 0.1) is 0 Å². The number of ketones is 1. The average Bonchev–Trinajstić information content (AvgIpc) is 2.45. The fourth-order valence-corrected chi connectivity index (χ4v) is 1.61. The number of nitrogens with one attached hydrogen (secondary N) is 2. The van der Waals surface area contributed by atoms with E-state index in [0.29, 0.717) is 23.4 Å². The van der Waals surface area contributed by atoms with Crippen LogP contribution in [0.5, 0.6) is 0 Å². The molecule has 0 atom stereocenters. The van der Waals surface area contributed by atoms with Crippen molar-refractivity contribution >= 4 is 23.3 Å². The molecule has 0 aliphatic carbocycles. The molecule has 1 aromatic rings. The molecule has 2 N–H and O–H groups in total. The van der Waals surface area contributed by atoms with Crippen LogP contribution in [0.1, 0.15) is 37.6 Å². The van der Waals surface area contributed by atoms with Gasteiger partial charge in [0.2, 0.25) is 11.8 Å². The Kier molecular flexibility index (Phi) is 6.33. The van der Waals surface area contributed by atoms with Crippen LogP contribution >= 0.6 is 0 Å². The number of Topliss-reactive ketones (excluding diaryl/α,β-unsaturated/α-hetero) is 1. The van der Waals surface area contributed by atoms with Crippen LogP contribution in [-0.2, 0) is 9.59 Å². The van der Waals surface area contributed by atoms with E-state index in [0.717, 1.165) is 6.42 Å². The van der Waals surface area contributed by atoms with E-state index in [1.54, 1.807) is 31.2 Å². The van der Waals surface area contributed by atoms with Gasteiger partial charge in [-0.25, -0.2) is 0 Å². The third-order valence-corrected chi connectivity index (χ3v) is 2.80. The summed E-state index contributed by atoms with van der Waals surface area (Å²) in [5.41, 5.74) is 1.50. The lowest BCUT2D eigenvalue weighted by Crippen LogP contribution is -2.25. The molecular formula is C16H20N2O3. The number of carbonyl (C=O) groups excluding carboxylic acids is 3. The molecule has 1 aromatic carbocycles. The van der Waals surface area contributed by atoms with Crippen molar-refractivity contribution in [2.45, 2.75) is 27.2 Å². The van der Waals surface area contributed by atoms with Crippen LogP contribution in [0, 0.1) is 0 Å². The van der Waals surface area contributed by atoms with Gasteiger partial charge >= 0.3 is 0 Å². The van der Waals surface area contributed by atoms with E-state index in [2.05, 4.69) is 10.6 Å². The molecule has 112 valence electrons. The molecule has 0 spiro atoms. The number of rotatable bonds is 6. The second kappa shape index (κ2) is 7.99. The highest BCUT2D eigenvalue weighted by atomic mass is 16.2. The second-order valence-electron chi connectivity index (χ2n) is 4.71. The lowest BCUT2D eigenvalue weighted by molar-refractivity contribution is -0.118. The number of benzene rings is 1. The number of hydrogen-bond donors (Lipinski definition) is 2. The van der Waals surface area contributed by atoms with Crippen LogP contribution in [0.2, 0.25) is 0 Å². The van der Waals surface area contributed by atoms with Gasteiger partial charge in [-0.2, -0.15) is 0 Å². The molecule has 0 aliphatic heterocycles. The van der Waals surface area contributed by atoms with E-state index in [-0.39, 0.29) is 17.6 Å². The Bertz CT molecular complexity index is 559. The third-order valence-electron chi connectivity index (χ3n) is 2.80. The van der Waals surface area contributed by atoms with E-state index < -0.39 is 0 Å². The zero-order chi connectivity index (χ0) is 15.8. The van der Waals surface area contributed by atoms with Crippen LogP contribution in [-0.4, -0.2) is 24.1 Å². The summed E-state index contributed by atoms with van der Waals surface area (Å²) in [5.74, 6) is -0.662. The molecule has 0 unspecified atom stereocenters. The van der Waals surface area contributed by atoms with Crippen LogP contribution in [0.3, 0.4) is 0 Å². The van der Waals surface area contributed by atoms with E-state index >= 15 is 0 Å². The minimum atomic E-state index is -0.380. The fourth-order valence-electron chi connectivity index (χ4n) is 1.61. The van der Waals surface area contributed by atoms with Crippen molar-refractivity contribution in [2.75, 3.05) is 11.9 Å². The Morgan fingerprint density at radius 1 is 1.10 bits per heavy atom. The van der Waals surface area contributed by atoms with Crippen molar-refractivity contribution < 1.29 is 14.4 Å². The molecule has 0 aliphatic rings. The first kappa shape index (κ1) is 16.6. The minimum Gasteiger partial charge on any atom is -0.352 e. The number of amides is 2. The molecule has 0 aromatic heterocycles.